The van der Waals surface area contributed by atoms with Gasteiger partial charge in [-0.15, -0.1) is 0 Å². The van der Waals surface area contributed by atoms with E-state index in [1.54, 1.807) is 0 Å². The molecule has 77 heavy (non-hydrogen) atoms. The summed E-state index contributed by atoms with van der Waals surface area (Å²) >= 11 is 0. The first kappa shape index (κ1) is 43.2. The monoisotopic (exact) mass is 989 g/mol. The number of rotatable bonds is 4. The Kier molecular flexibility index (Phi) is 8.20. The molecule has 0 unspecified atom stereocenters. The maximum absolute atomic E-state index is 7.03. The van der Waals surface area contributed by atoms with E-state index in [4.69, 9.17) is 13.3 Å². The lowest BCUT2D eigenvalue weighted by Crippen LogP contribution is -2.24. The van der Waals surface area contributed by atoms with Gasteiger partial charge in [-0.05, 0) is 133 Å². The molecule has 0 spiro atoms. The van der Waals surface area contributed by atoms with E-state index in [9.17, 15) is 0 Å². The fourth-order valence-electron chi connectivity index (χ4n) is 14.9. The molecule has 0 saturated carbocycles. The molecule has 17 rings (SSSR count). The van der Waals surface area contributed by atoms with Crippen LogP contribution in [0.4, 0.5) is 17.1 Å². The molecule has 3 heterocycles. The van der Waals surface area contributed by atoms with E-state index in [1.807, 2.05) is 6.07 Å². The second kappa shape index (κ2) is 14.6. The van der Waals surface area contributed by atoms with Crippen LogP contribution in [0.3, 0.4) is 0 Å². The highest BCUT2D eigenvalue weighted by Gasteiger charge is 2.49. The first-order valence-corrected chi connectivity index (χ1v) is 27.1. The van der Waals surface area contributed by atoms with Crippen molar-refractivity contribution in [1.29, 1.82) is 0 Å². The SMILES string of the molecule is CC1(C)c2cc(N(c3ccc4c(c3)C(C)(C)c3c5c(c6oc7ccccc7c6c3-4)-c3ccccc3C5(C)C)c3cccc4ccccc34)ccc2-c2c1cc(-c1cccc3oc4ccccc4c13)c1oc3ccccc3c21. The van der Waals surface area contributed by atoms with Gasteiger partial charge in [0.25, 0.3) is 0 Å². The lowest BCUT2D eigenvalue weighted by Gasteiger charge is -2.32. The molecule has 0 amide bonds. The highest BCUT2D eigenvalue weighted by Crippen LogP contribution is 2.64. The molecule has 0 N–H and O–H groups in total. The van der Waals surface area contributed by atoms with Gasteiger partial charge in [-0.25, -0.2) is 0 Å². The predicted octanol–water partition coefficient (Wildman–Crippen LogP) is 20.6. The lowest BCUT2D eigenvalue weighted by atomic mass is 9.72. The highest BCUT2D eigenvalue weighted by molar-refractivity contribution is 6.23. The minimum absolute atomic E-state index is 0.245. The molecule has 0 saturated heterocycles. The van der Waals surface area contributed by atoms with Crippen molar-refractivity contribution in [3.8, 4) is 44.5 Å². The minimum Gasteiger partial charge on any atom is -0.456 e. The minimum atomic E-state index is -0.385. The van der Waals surface area contributed by atoms with Crippen LogP contribution in [0.1, 0.15) is 74.9 Å². The van der Waals surface area contributed by atoms with Crippen LogP contribution >= 0.6 is 0 Å². The third-order valence-corrected chi connectivity index (χ3v) is 18.4. The Morgan fingerprint density at radius 1 is 0.312 bits per heavy atom. The van der Waals surface area contributed by atoms with Crippen LogP contribution in [0.2, 0.25) is 0 Å². The van der Waals surface area contributed by atoms with Crippen molar-refractivity contribution in [2.24, 2.45) is 0 Å². The molecule has 4 heteroatoms. The van der Waals surface area contributed by atoms with Crippen molar-refractivity contribution in [3.05, 3.63) is 234 Å². The van der Waals surface area contributed by atoms with Gasteiger partial charge in [-0.3, -0.25) is 0 Å². The molecule has 0 bridgehead atoms. The van der Waals surface area contributed by atoms with Crippen LogP contribution in [0.15, 0.2) is 213 Å². The molecule has 0 radical (unpaired) electrons. The fourth-order valence-corrected chi connectivity index (χ4v) is 14.9. The summed E-state index contributed by atoms with van der Waals surface area (Å²) in [5.74, 6) is 0. The summed E-state index contributed by atoms with van der Waals surface area (Å²) in [5.41, 5.74) is 25.6. The first-order valence-electron chi connectivity index (χ1n) is 27.1. The number of anilines is 3. The second-order valence-electron chi connectivity index (χ2n) is 23.4. The Labute approximate surface area is 445 Å². The third kappa shape index (κ3) is 5.42. The standard InChI is InChI=1S/C73H51NO3/c1-71(2)53-37-41(33-35-46(53)62-55(71)39-51(69-64(62)49-24-11-15-30-58(49)76-69)44-26-18-32-60-61(44)48-23-10-14-29-57(48)75-60)74(56-28-17-20-40-19-7-8-21-43(40)56)42-34-36-47-54(38-42)73(5,6)67-63(47)65-50-25-12-16-31-59(50)77-70(65)66-45-22-9-13-27-52(45)72(3,4)68(66)67/h7-39H,1-6H3. The zero-order valence-corrected chi connectivity index (χ0v) is 43.7. The molecule has 14 aromatic rings. The van der Waals surface area contributed by atoms with E-state index in [-0.39, 0.29) is 16.2 Å². The van der Waals surface area contributed by atoms with Gasteiger partial charge in [0.05, 0.1) is 5.69 Å². The van der Waals surface area contributed by atoms with Gasteiger partial charge in [0, 0.05) is 76.5 Å². The van der Waals surface area contributed by atoms with Crippen molar-refractivity contribution in [3.63, 3.8) is 0 Å². The molecule has 3 aliphatic rings. The Balaban J connectivity index is 0.897. The van der Waals surface area contributed by atoms with E-state index < -0.39 is 0 Å². The summed E-state index contributed by atoms with van der Waals surface area (Å²) in [6, 6.07) is 73.4. The number of hydrogen-bond donors (Lipinski definition) is 0. The average Bonchev–Trinajstić information content (AvgIpc) is 4.47. The smallest absolute Gasteiger partial charge is 0.144 e. The van der Waals surface area contributed by atoms with Crippen molar-refractivity contribution < 1.29 is 13.3 Å². The normalized spacial score (nSPS) is 15.2. The molecule has 11 aromatic carbocycles. The van der Waals surface area contributed by atoms with Crippen LogP contribution in [-0.4, -0.2) is 0 Å². The number of benzene rings is 11. The molecule has 366 valence electrons. The number of furan rings is 3. The predicted molar refractivity (Wildman–Crippen MR) is 319 cm³/mol. The summed E-state index contributed by atoms with van der Waals surface area (Å²) < 4.78 is 20.5. The number of hydrogen-bond acceptors (Lipinski definition) is 4. The summed E-state index contributed by atoms with van der Waals surface area (Å²) in [4.78, 5) is 2.52. The number of nitrogens with zero attached hydrogens (tertiary/aromatic N) is 1. The van der Waals surface area contributed by atoms with Crippen LogP contribution in [0.5, 0.6) is 0 Å². The molecule has 0 atom stereocenters. The van der Waals surface area contributed by atoms with E-state index in [0.717, 1.165) is 88.6 Å². The van der Waals surface area contributed by atoms with Crippen molar-refractivity contribution in [2.75, 3.05) is 4.90 Å². The second-order valence-corrected chi connectivity index (χ2v) is 23.4. The van der Waals surface area contributed by atoms with Gasteiger partial charge >= 0.3 is 0 Å². The van der Waals surface area contributed by atoms with E-state index >= 15 is 0 Å². The summed E-state index contributed by atoms with van der Waals surface area (Å²) in [5, 5.41) is 9.25. The van der Waals surface area contributed by atoms with Gasteiger partial charge < -0.3 is 18.2 Å². The van der Waals surface area contributed by atoms with Gasteiger partial charge in [-0.1, -0.05) is 181 Å². The Morgan fingerprint density at radius 2 is 0.805 bits per heavy atom. The van der Waals surface area contributed by atoms with Crippen LogP contribution in [-0.2, 0) is 16.2 Å². The molecule has 0 aliphatic heterocycles. The van der Waals surface area contributed by atoms with Gasteiger partial charge in [0.2, 0.25) is 0 Å². The van der Waals surface area contributed by atoms with Crippen LogP contribution in [0.25, 0.3) is 121 Å². The maximum Gasteiger partial charge on any atom is 0.144 e. The van der Waals surface area contributed by atoms with Gasteiger partial charge in [-0.2, -0.15) is 0 Å². The summed E-state index contributed by atoms with van der Waals surface area (Å²) in [6.45, 7) is 14.5. The van der Waals surface area contributed by atoms with Crippen molar-refractivity contribution >= 4 is 93.7 Å². The molecule has 4 nitrogen and oxygen atoms in total. The van der Waals surface area contributed by atoms with Gasteiger partial charge in [0.1, 0.15) is 33.5 Å². The zero-order valence-electron chi connectivity index (χ0n) is 43.7. The quantitative estimate of drug-likeness (QED) is 0.176. The third-order valence-electron chi connectivity index (χ3n) is 18.4. The molecular weight excluding hydrogens is 939 g/mol. The topological polar surface area (TPSA) is 42.7 Å². The average molecular weight is 990 g/mol. The first-order chi connectivity index (χ1) is 37.5. The zero-order chi connectivity index (χ0) is 51.4. The summed E-state index contributed by atoms with van der Waals surface area (Å²) in [6.07, 6.45) is 0. The highest BCUT2D eigenvalue weighted by atomic mass is 16.3. The van der Waals surface area contributed by atoms with Crippen LogP contribution < -0.4 is 4.90 Å². The number of para-hydroxylation sites is 3. The van der Waals surface area contributed by atoms with E-state index in [2.05, 4.69) is 241 Å². The Hall–Kier alpha value is -9.12. The molecule has 3 aromatic heterocycles. The lowest BCUT2D eigenvalue weighted by molar-refractivity contribution is 0.600. The molecule has 3 aliphatic carbocycles. The van der Waals surface area contributed by atoms with Crippen molar-refractivity contribution in [2.45, 2.75) is 57.8 Å². The Morgan fingerprint density at radius 3 is 1.53 bits per heavy atom. The largest absolute Gasteiger partial charge is 0.456 e. The number of fused-ring (bicyclic) bond motifs is 23. The Bertz CT molecular complexity index is 4970. The fraction of sp³-hybridized carbons (Fsp3) is 0.123. The molecular formula is C73H51NO3. The maximum atomic E-state index is 7.03. The van der Waals surface area contributed by atoms with Crippen molar-refractivity contribution in [1.82, 2.24) is 0 Å². The van der Waals surface area contributed by atoms with Gasteiger partial charge in [0.15, 0.2) is 0 Å². The van der Waals surface area contributed by atoms with E-state index in [1.165, 1.54) is 82.9 Å². The summed E-state index contributed by atoms with van der Waals surface area (Å²) in [7, 11) is 0. The van der Waals surface area contributed by atoms with Crippen LogP contribution in [0, 0.1) is 0 Å². The van der Waals surface area contributed by atoms with E-state index in [0.29, 0.717) is 0 Å². The molecule has 0 fully saturated rings.